The molecule has 148 valence electrons. The van der Waals surface area contributed by atoms with Gasteiger partial charge in [-0.1, -0.05) is 17.9 Å². The third-order valence-electron chi connectivity index (χ3n) is 3.74. The lowest BCUT2D eigenvalue weighted by Crippen LogP contribution is -2.29. The number of benzene rings is 2. The summed E-state index contributed by atoms with van der Waals surface area (Å²) < 4.78 is 29.3. The van der Waals surface area contributed by atoms with E-state index >= 15 is 0 Å². The normalized spacial score (nSPS) is 11.5. The Hall–Kier alpha value is -3.04. The zero-order valence-corrected chi connectivity index (χ0v) is 16.1. The van der Waals surface area contributed by atoms with Crippen LogP contribution in [0.15, 0.2) is 42.5 Å². The second-order valence-electron chi connectivity index (χ2n) is 6.30. The van der Waals surface area contributed by atoms with Crippen molar-refractivity contribution in [3.8, 4) is 23.3 Å². The number of ether oxygens (including phenoxy) is 3. The highest BCUT2D eigenvalue weighted by molar-refractivity contribution is 5.72. The number of hydrogen-bond acceptors (Lipinski definition) is 4. The van der Waals surface area contributed by atoms with Crippen LogP contribution < -0.4 is 9.47 Å². The van der Waals surface area contributed by atoms with Crippen molar-refractivity contribution in [1.82, 2.24) is 0 Å². The number of rotatable bonds is 8. The monoisotopic (exact) mass is 386 g/mol. The lowest BCUT2D eigenvalue weighted by atomic mass is 10.1. The van der Waals surface area contributed by atoms with Crippen molar-refractivity contribution >= 4 is 5.97 Å². The van der Waals surface area contributed by atoms with E-state index < -0.39 is 12.1 Å². The van der Waals surface area contributed by atoms with Gasteiger partial charge >= 0.3 is 5.97 Å². The molecule has 5 nitrogen and oxygen atoms in total. The van der Waals surface area contributed by atoms with Crippen LogP contribution in [-0.4, -0.2) is 37.0 Å². The smallest absolute Gasteiger partial charge is 0.333 e. The Morgan fingerprint density at radius 1 is 1.14 bits per heavy atom. The minimum atomic E-state index is -1.02. The molecule has 0 saturated carbocycles. The van der Waals surface area contributed by atoms with E-state index in [0.29, 0.717) is 17.1 Å². The molecule has 0 aliphatic carbocycles. The number of halogens is 1. The standard InChI is InChI=1S/C22H23FO5/c1-15(2)28-21(22(24)25)14-17-8-11-19(26-3)20(13-17)27-12-4-5-16-6-9-18(23)10-7-16/h6-11,13,15,21H,12,14H2,1-3H3,(H,24,25). The Balaban J connectivity index is 2.07. The first-order valence-electron chi connectivity index (χ1n) is 8.81. The van der Waals surface area contributed by atoms with Gasteiger partial charge in [-0.25, -0.2) is 9.18 Å². The molecule has 2 rings (SSSR count). The predicted molar refractivity (Wildman–Crippen MR) is 103 cm³/mol. The maximum atomic E-state index is 12.9. The summed E-state index contributed by atoms with van der Waals surface area (Å²) in [4.78, 5) is 11.4. The molecule has 0 aliphatic rings. The van der Waals surface area contributed by atoms with E-state index in [-0.39, 0.29) is 24.9 Å². The molecular formula is C22H23FO5. The summed E-state index contributed by atoms with van der Waals surface area (Å²) in [5.41, 5.74) is 1.43. The van der Waals surface area contributed by atoms with Gasteiger partial charge in [0.1, 0.15) is 12.4 Å². The lowest BCUT2D eigenvalue weighted by Gasteiger charge is -2.17. The van der Waals surface area contributed by atoms with Gasteiger partial charge in [0.25, 0.3) is 0 Å². The van der Waals surface area contributed by atoms with Crippen molar-refractivity contribution in [1.29, 1.82) is 0 Å². The molecular weight excluding hydrogens is 363 g/mol. The summed E-state index contributed by atoms with van der Waals surface area (Å²) in [6.07, 6.45) is -0.939. The average molecular weight is 386 g/mol. The van der Waals surface area contributed by atoms with Crippen molar-refractivity contribution < 1.29 is 28.5 Å². The molecule has 0 radical (unpaired) electrons. The maximum absolute atomic E-state index is 12.9. The van der Waals surface area contributed by atoms with Crippen LogP contribution in [0.1, 0.15) is 25.0 Å². The Bertz CT molecular complexity index is 849. The highest BCUT2D eigenvalue weighted by Gasteiger charge is 2.21. The van der Waals surface area contributed by atoms with Gasteiger partial charge in [0.2, 0.25) is 0 Å². The Morgan fingerprint density at radius 3 is 2.46 bits per heavy atom. The second-order valence-corrected chi connectivity index (χ2v) is 6.30. The van der Waals surface area contributed by atoms with E-state index in [1.165, 1.54) is 19.2 Å². The second kappa shape index (κ2) is 10.3. The quantitative estimate of drug-likeness (QED) is 0.701. The molecule has 2 aromatic rings. The van der Waals surface area contributed by atoms with Crippen LogP contribution in [0.2, 0.25) is 0 Å². The van der Waals surface area contributed by atoms with Crippen molar-refractivity contribution in [3.63, 3.8) is 0 Å². The van der Waals surface area contributed by atoms with Gasteiger partial charge < -0.3 is 19.3 Å². The van der Waals surface area contributed by atoms with Crippen molar-refractivity contribution in [2.45, 2.75) is 32.5 Å². The SMILES string of the molecule is COc1ccc(CC(OC(C)C)C(=O)O)cc1OCC#Cc1ccc(F)cc1. The molecule has 0 bridgehead atoms. The van der Waals surface area contributed by atoms with Crippen LogP contribution in [-0.2, 0) is 16.0 Å². The van der Waals surface area contributed by atoms with Crippen molar-refractivity contribution in [3.05, 3.63) is 59.4 Å². The first-order valence-corrected chi connectivity index (χ1v) is 8.81. The summed E-state index contributed by atoms with van der Waals surface area (Å²) in [5.74, 6) is 5.39. The molecule has 0 heterocycles. The van der Waals surface area contributed by atoms with E-state index in [9.17, 15) is 14.3 Å². The zero-order valence-electron chi connectivity index (χ0n) is 16.1. The number of carbonyl (C=O) groups is 1. The minimum Gasteiger partial charge on any atom is -0.493 e. The number of aliphatic carboxylic acids is 1. The van der Waals surface area contributed by atoms with Gasteiger partial charge in [-0.05, 0) is 55.8 Å². The molecule has 2 aromatic carbocycles. The number of carboxylic acid groups (broad SMARTS) is 1. The van der Waals surface area contributed by atoms with Crippen LogP contribution in [0.25, 0.3) is 0 Å². The molecule has 0 fully saturated rings. The van der Waals surface area contributed by atoms with Gasteiger partial charge in [0, 0.05) is 12.0 Å². The van der Waals surface area contributed by atoms with Crippen LogP contribution in [0.4, 0.5) is 4.39 Å². The Kier molecular flexibility index (Phi) is 7.85. The molecule has 0 amide bonds. The van der Waals surface area contributed by atoms with Crippen molar-refractivity contribution in [2.24, 2.45) is 0 Å². The number of hydrogen-bond donors (Lipinski definition) is 1. The first kappa shape index (κ1) is 21.3. The molecule has 0 aliphatic heterocycles. The van der Waals surface area contributed by atoms with Crippen LogP contribution in [0.5, 0.6) is 11.5 Å². The highest BCUT2D eigenvalue weighted by Crippen LogP contribution is 2.28. The fourth-order valence-electron chi connectivity index (χ4n) is 2.48. The molecule has 1 N–H and O–H groups in total. The molecule has 0 aromatic heterocycles. The zero-order chi connectivity index (χ0) is 20.5. The first-order chi connectivity index (χ1) is 13.4. The topological polar surface area (TPSA) is 65.0 Å². The van der Waals surface area contributed by atoms with Crippen LogP contribution in [0.3, 0.4) is 0 Å². The summed E-state index contributed by atoms with van der Waals surface area (Å²) >= 11 is 0. The summed E-state index contributed by atoms with van der Waals surface area (Å²) in [7, 11) is 1.52. The predicted octanol–water partition coefficient (Wildman–Crippen LogP) is 3.69. The Labute approximate surface area is 164 Å². The van der Waals surface area contributed by atoms with E-state index in [4.69, 9.17) is 14.2 Å². The number of methoxy groups -OCH3 is 1. The molecule has 0 spiro atoms. The van der Waals surface area contributed by atoms with E-state index in [0.717, 1.165) is 5.56 Å². The van der Waals surface area contributed by atoms with Gasteiger partial charge in [-0.15, -0.1) is 0 Å². The molecule has 1 unspecified atom stereocenters. The fourth-order valence-corrected chi connectivity index (χ4v) is 2.48. The van der Waals surface area contributed by atoms with Crippen molar-refractivity contribution in [2.75, 3.05) is 13.7 Å². The third kappa shape index (κ3) is 6.60. The van der Waals surface area contributed by atoms with Gasteiger partial charge in [-0.2, -0.15) is 0 Å². The third-order valence-corrected chi connectivity index (χ3v) is 3.74. The largest absolute Gasteiger partial charge is 0.493 e. The average Bonchev–Trinajstić information content (AvgIpc) is 2.66. The highest BCUT2D eigenvalue weighted by atomic mass is 19.1. The van der Waals surface area contributed by atoms with E-state index in [2.05, 4.69) is 11.8 Å². The molecule has 28 heavy (non-hydrogen) atoms. The molecule has 1 atom stereocenters. The maximum Gasteiger partial charge on any atom is 0.333 e. The van der Waals surface area contributed by atoms with Crippen LogP contribution in [0, 0.1) is 17.7 Å². The molecule has 6 heteroatoms. The Morgan fingerprint density at radius 2 is 1.86 bits per heavy atom. The summed E-state index contributed by atoms with van der Waals surface area (Å²) in [6.45, 7) is 3.68. The molecule has 0 saturated heterocycles. The minimum absolute atomic E-state index is 0.0992. The fraction of sp³-hybridized carbons (Fsp3) is 0.318. The number of carboxylic acids is 1. The van der Waals surface area contributed by atoms with E-state index in [1.807, 2.05) is 0 Å². The van der Waals surface area contributed by atoms with Crippen LogP contribution >= 0.6 is 0 Å². The summed E-state index contributed by atoms with van der Waals surface area (Å²) in [6, 6.07) is 11.1. The summed E-state index contributed by atoms with van der Waals surface area (Å²) in [5, 5.41) is 9.33. The van der Waals surface area contributed by atoms with Gasteiger partial charge in [-0.3, -0.25) is 0 Å². The lowest BCUT2D eigenvalue weighted by molar-refractivity contribution is -0.153. The van der Waals surface area contributed by atoms with Gasteiger partial charge in [0.05, 0.1) is 13.2 Å². The van der Waals surface area contributed by atoms with E-state index in [1.54, 1.807) is 44.2 Å². The van der Waals surface area contributed by atoms with Gasteiger partial charge in [0.15, 0.2) is 17.6 Å².